The predicted octanol–water partition coefficient (Wildman–Crippen LogP) is 2.26. The molecule has 3 heteroatoms. The van der Waals surface area contributed by atoms with Crippen molar-refractivity contribution in [1.29, 1.82) is 0 Å². The van der Waals surface area contributed by atoms with Gasteiger partial charge in [-0.2, -0.15) is 0 Å². The Morgan fingerprint density at radius 2 is 2.21 bits per heavy atom. The van der Waals surface area contributed by atoms with Crippen LogP contribution in [0.15, 0.2) is 24.3 Å². The Hall–Kier alpha value is -1.06. The zero-order valence-electron chi connectivity index (χ0n) is 11.6. The molecule has 2 aliphatic heterocycles. The third kappa shape index (κ3) is 2.63. The van der Waals surface area contributed by atoms with Gasteiger partial charge in [0.05, 0.1) is 12.7 Å². The van der Waals surface area contributed by atoms with E-state index in [9.17, 15) is 5.11 Å². The van der Waals surface area contributed by atoms with Crippen molar-refractivity contribution >= 4 is 0 Å². The SMILES string of the molecule is CCC1CN(CC2COc3ccccc32)CCC1O. The predicted molar refractivity (Wildman–Crippen MR) is 75.5 cm³/mol. The van der Waals surface area contributed by atoms with Gasteiger partial charge >= 0.3 is 0 Å². The summed E-state index contributed by atoms with van der Waals surface area (Å²) in [5, 5.41) is 9.95. The number of fused-ring (bicyclic) bond motifs is 1. The van der Waals surface area contributed by atoms with E-state index in [4.69, 9.17) is 4.74 Å². The Morgan fingerprint density at radius 3 is 3.05 bits per heavy atom. The molecule has 3 unspecified atom stereocenters. The van der Waals surface area contributed by atoms with E-state index in [1.54, 1.807) is 0 Å². The Labute approximate surface area is 115 Å². The lowest BCUT2D eigenvalue weighted by molar-refractivity contribution is 0.0223. The molecule has 1 N–H and O–H groups in total. The minimum Gasteiger partial charge on any atom is -0.493 e. The van der Waals surface area contributed by atoms with Gasteiger partial charge in [0.25, 0.3) is 0 Å². The highest BCUT2D eigenvalue weighted by Crippen LogP contribution is 2.34. The van der Waals surface area contributed by atoms with Gasteiger partial charge in [0.15, 0.2) is 0 Å². The van der Waals surface area contributed by atoms with Gasteiger partial charge in [0, 0.05) is 31.1 Å². The van der Waals surface area contributed by atoms with Gasteiger partial charge in [-0.15, -0.1) is 0 Å². The highest BCUT2D eigenvalue weighted by molar-refractivity contribution is 5.39. The molecule has 1 aromatic carbocycles. The number of piperidine rings is 1. The summed E-state index contributed by atoms with van der Waals surface area (Å²) in [6.45, 7) is 6.06. The first-order chi connectivity index (χ1) is 9.28. The molecule has 0 spiro atoms. The summed E-state index contributed by atoms with van der Waals surface area (Å²) in [6, 6.07) is 8.37. The quantitative estimate of drug-likeness (QED) is 0.906. The molecule has 104 valence electrons. The Morgan fingerprint density at radius 1 is 1.37 bits per heavy atom. The number of hydrogen-bond acceptors (Lipinski definition) is 3. The van der Waals surface area contributed by atoms with Crippen molar-refractivity contribution in [2.45, 2.75) is 31.8 Å². The van der Waals surface area contributed by atoms with Gasteiger partial charge in [-0.25, -0.2) is 0 Å². The molecular weight excluding hydrogens is 238 g/mol. The van der Waals surface area contributed by atoms with Gasteiger partial charge in [-0.1, -0.05) is 25.1 Å². The van der Waals surface area contributed by atoms with Crippen LogP contribution in [0.2, 0.25) is 0 Å². The highest BCUT2D eigenvalue weighted by Gasteiger charge is 2.30. The molecule has 3 rings (SSSR count). The van der Waals surface area contributed by atoms with Gasteiger partial charge in [-0.05, 0) is 24.8 Å². The number of likely N-dealkylation sites (tertiary alicyclic amines) is 1. The van der Waals surface area contributed by atoms with Crippen molar-refractivity contribution < 1.29 is 9.84 Å². The first-order valence-corrected chi connectivity index (χ1v) is 7.40. The number of aliphatic hydroxyl groups excluding tert-OH is 1. The van der Waals surface area contributed by atoms with Crippen molar-refractivity contribution in [1.82, 2.24) is 4.90 Å². The van der Waals surface area contributed by atoms with Crippen LogP contribution in [0.1, 0.15) is 31.2 Å². The fourth-order valence-electron chi connectivity index (χ4n) is 3.35. The largest absolute Gasteiger partial charge is 0.493 e. The molecule has 0 aromatic heterocycles. The molecule has 0 aliphatic carbocycles. The standard InChI is InChI=1S/C16H23NO2/c1-2-12-9-17(8-7-15(12)18)10-13-11-19-16-6-4-3-5-14(13)16/h3-6,12-13,15,18H,2,7-11H2,1H3. The summed E-state index contributed by atoms with van der Waals surface area (Å²) < 4.78 is 5.75. The van der Waals surface area contributed by atoms with Crippen LogP contribution in [0.25, 0.3) is 0 Å². The Bertz CT molecular complexity index is 435. The fourth-order valence-corrected chi connectivity index (χ4v) is 3.35. The summed E-state index contributed by atoms with van der Waals surface area (Å²) in [5.41, 5.74) is 1.35. The van der Waals surface area contributed by atoms with E-state index in [0.717, 1.165) is 44.8 Å². The van der Waals surface area contributed by atoms with Crippen LogP contribution in [0.4, 0.5) is 0 Å². The number of para-hydroxylation sites is 1. The van der Waals surface area contributed by atoms with Crippen LogP contribution in [0, 0.1) is 5.92 Å². The van der Waals surface area contributed by atoms with Crippen LogP contribution in [0.3, 0.4) is 0 Å². The zero-order valence-corrected chi connectivity index (χ0v) is 11.6. The van der Waals surface area contributed by atoms with Crippen molar-refractivity contribution in [3.05, 3.63) is 29.8 Å². The van der Waals surface area contributed by atoms with E-state index in [2.05, 4.69) is 30.0 Å². The monoisotopic (exact) mass is 261 g/mol. The maximum atomic E-state index is 9.95. The number of aliphatic hydroxyl groups is 1. The van der Waals surface area contributed by atoms with Gasteiger partial charge in [-0.3, -0.25) is 0 Å². The molecule has 1 fully saturated rings. The Balaban J connectivity index is 1.64. The normalized spacial score (nSPS) is 30.9. The molecule has 1 aromatic rings. The number of nitrogens with zero attached hydrogens (tertiary/aromatic N) is 1. The highest BCUT2D eigenvalue weighted by atomic mass is 16.5. The maximum Gasteiger partial charge on any atom is 0.122 e. The molecule has 19 heavy (non-hydrogen) atoms. The summed E-state index contributed by atoms with van der Waals surface area (Å²) in [5.74, 6) is 1.98. The molecule has 0 bridgehead atoms. The minimum absolute atomic E-state index is 0.103. The fraction of sp³-hybridized carbons (Fsp3) is 0.625. The molecule has 2 heterocycles. The van der Waals surface area contributed by atoms with Gasteiger partial charge in [0.1, 0.15) is 5.75 Å². The molecule has 0 saturated carbocycles. The number of ether oxygens (including phenoxy) is 1. The average Bonchev–Trinajstić information content (AvgIpc) is 2.84. The Kier molecular flexibility index (Phi) is 3.76. The lowest BCUT2D eigenvalue weighted by Crippen LogP contribution is -2.44. The van der Waals surface area contributed by atoms with Crippen molar-refractivity contribution in [2.75, 3.05) is 26.2 Å². The van der Waals surface area contributed by atoms with E-state index in [0.29, 0.717) is 11.8 Å². The van der Waals surface area contributed by atoms with E-state index >= 15 is 0 Å². The second-order valence-electron chi connectivity index (χ2n) is 5.83. The second kappa shape index (κ2) is 5.51. The first-order valence-electron chi connectivity index (χ1n) is 7.40. The average molecular weight is 261 g/mol. The van der Waals surface area contributed by atoms with Crippen molar-refractivity contribution in [3.8, 4) is 5.75 Å². The van der Waals surface area contributed by atoms with Crippen LogP contribution >= 0.6 is 0 Å². The lowest BCUT2D eigenvalue weighted by Gasteiger charge is -2.36. The summed E-state index contributed by atoms with van der Waals surface area (Å²) in [7, 11) is 0. The topological polar surface area (TPSA) is 32.7 Å². The van der Waals surface area contributed by atoms with Crippen LogP contribution in [0.5, 0.6) is 5.75 Å². The lowest BCUT2D eigenvalue weighted by atomic mass is 9.91. The molecular formula is C16H23NO2. The molecule has 3 atom stereocenters. The van der Waals surface area contributed by atoms with Crippen LogP contribution < -0.4 is 4.74 Å². The van der Waals surface area contributed by atoms with E-state index in [1.807, 2.05) is 6.07 Å². The molecule has 0 amide bonds. The van der Waals surface area contributed by atoms with Crippen molar-refractivity contribution in [2.24, 2.45) is 5.92 Å². The summed E-state index contributed by atoms with van der Waals surface area (Å²) in [6.07, 6.45) is 1.87. The van der Waals surface area contributed by atoms with E-state index < -0.39 is 0 Å². The maximum absolute atomic E-state index is 9.95. The number of rotatable bonds is 3. The molecule has 1 saturated heterocycles. The van der Waals surface area contributed by atoms with Crippen LogP contribution in [-0.2, 0) is 0 Å². The minimum atomic E-state index is -0.103. The van der Waals surface area contributed by atoms with Gasteiger partial charge < -0.3 is 14.7 Å². The zero-order chi connectivity index (χ0) is 13.2. The third-order valence-electron chi connectivity index (χ3n) is 4.58. The van der Waals surface area contributed by atoms with Crippen molar-refractivity contribution in [3.63, 3.8) is 0 Å². The molecule has 3 nitrogen and oxygen atoms in total. The smallest absolute Gasteiger partial charge is 0.122 e. The van der Waals surface area contributed by atoms with E-state index in [-0.39, 0.29) is 6.10 Å². The first kappa shape index (κ1) is 12.9. The molecule has 2 aliphatic rings. The van der Waals surface area contributed by atoms with E-state index in [1.165, 1.54) is 5.56 Å². The van der Waals surface area contributed by atoms with Crippen LogP contribution in [-0.4, -0.2) is 42.4 Å². The second-order valence-corrected chi connectivity index (χ2v) is 5.83. The van der Waals surface area contributed by atoms with Gasteiger partial charge in [0.2, 0.25) is 0 Å². The summed E-state index contributed by atoms with van der Waals surface area (Å²) in [4.78, 5) is 2.50. The number of benzene rings is 1. The summed E-state index contributed by atoms with van der Waals surface area (Å²) >= 11 is 0. The third-order valence-corrected chi connectivity index (χ3v) is 4.58. The number of hydrogen-bond donors (Lipinski definition) is 1. The molecule has 0 radical (unpaired) electrons.